The van der Waals surface area contributed by atoms with Gasteiger partial charge < -0.3 is 15.5 Å². The molecule has 0 bridgehead atoms. The molecule has 1 aromatic carbocycles. The molecular weight excluding hydrogens is 264 g/mol. The van der Waals surface area contributed by atoms with Gasteiger partial charge in [-0.2, -0.15) is 0 Å². The van der Waals surface area contributed by atoms with Gasteiger partial charge in [0.25, 0.3) is 0 Å². The number of phenols is 1. The topological polar surface area (TPSA) is 55.7 Å². The van der Waals surface area contributed by atoms with Crippen LogP contribution in [-0.2, 0) is 0 Å². The highest BCUT2D eigenvalue weighted by atomic mass is 35.5. The number of piperazine rings is 1. The second kappa shape index (κ2) is 7.70. The predicted octanol–water partition coefficient (Wildman–Crippen LogP) is 1.45. The van der Waals surface area contributed by atoms with Crippen LogP contribution in [0.4, 0.5) is 0 Å². The van der Waals surface area contributed by atoms with Gasteiger partial charge in [-0.15, -0.1) is 12.4 Å². The molecule has 3 N–H and O–H groups in total. The largest absolute Gasteiger partial charge is 0.508 e. The van der Waals surface area contributed by atoms with Gasteiger partial charge in [-0.1, -0.05) is 12.1 Å². The first-order valence-electron chi connectivity index (χ1n) is 6.57. The van der Waals surface area contributed by atoms with Crippen LogP contribution in [-0.4, -0.2) is 47.9 Å². The van der Waals surface area contributed by atoms with Crippen molar-refractivity contribution in [3.63, 3.8) is 0 Å². The van der Waals surface area contributed by atoms with Crippen LogP contribution in [0.1, 0.15) is 23.6 Å². The number of aromatic hydroxyl groups is 1. The number of nitrogens with zero attached hydrogens (tertiary/aromatic N) is 1. The lowest BCUT2D eigenvalue weighted by Gasteiger charge is -2.35. The number of benzene rings is 1. The number of rotatable bonds is 4. The highest BCUT2D eigenvalue weighted by molar-refractivity contribution is 5.85. The molecule has 0 amide bonds. The average Bonchev–Trinajstić information content (AvgIpc) is 2.38. The molecule has 0 saturated carbocycles. The van der Waals surface area contributed by atoms with E-state index >= 15 is 0 Å². The van der Waals surface area contributed by atoms with Crippen LogP contribution < -0.4 is 5.32 Å². The van der Waals surface area contributed by atoms with E-state index in [0.717, 1.165) is 37.3 Å². The normalized spacial score (nSPS) is 17.8. The molecule has 1 aliphatic heterocycles. The Hall–Kier alpha value is -0.810. The highest BCUT2D eigenvalue weighted by Crippen LogP contribution is 2.31. The van der Waals surface area contributed by atoms with Gasteiger partial charge in [-0.25, -0.2) is 0 Å². The van der Waals surface area contributed by atoms with E-state index in [0.29, 0.717) is 12.2 Å². The fourth-order valence-electron chi connectivity index (χ4n) is 2.59. The van der Waals surface area contributed by atoms with Crippen molar-refractivity contribution in [2.45, 2.75) is 19.4 Å². The van der Waals surface area contributed by atoms with E-state index < -0.39 is 0 Å². The number of aryl methyl sites for hydroxylation is 1. The summed E-state index contributed by atoms with van der Waals surface area (Å²) in [5, 5.41) is 22.7. The van der Waals surface area contributed by atoms with Gasteiger partial charge in [0, 0.05) is 44.4 Å². The molecule has 0 aromatic heterocycles. The van der Waals surface area contributed by atoms with Crippen LogP contribution in [0.25, 0.3) is 0 Å². The first-order chi connectivity index (χ1) is 8.72. The Morgan fingerprint density at radius 1 is 1.32 bits per heavy atom. The Labute approximate surface area is 120 Å². The van der Waals surface area contributed by atoms with Crippen molar-refractivity contribution >= 4 is 12.4 Å². The maximum atomic E-state index is 10.1. The van der Waals surface area contributed by atoms with Crippen LogP contribution in [0.2, 0.25) is 0 Å². The number of aliphatic hydroxyl groups is 1. The first-order valence-corrected chi connectivity index (χ1v) is 6.57. The number of nitrogens with one attached hydrogen (secondary N) is 1. The Morgan fingerprint density at radius 2 is 2.00 bits per heavy atom. The zero-order valence-electron chi connectivity index (χ0n) is 11.3. The molecular formula is C14H23ClN2O2. The first kappa shape index (κ1) is 16.2. The maximum Gasteiger partial charge on any atom is 0.120 e. The molecule has 1 aromatic rings. The molecule has 0 unspecified atom stereocenters. The van der Waals surface area contributed by atoms with Crippen LogP contribution in [0.15, 0.2) is 18.2 Å². The van der Waals surface area contributed by atoms with E-state index in [1.165, 1.54) is 0 Å². The molecule has 19 heavy (non-hydrogen) atoms. The third kappa shape index (κ3) is 4.08. The Balaban J connectivity index is 0.00000180. The summed E-state index contributed by atoms with van der Waals surface area (Å²) in [5.41, 5.74) is 1.98. The lowest BCUT2D eigenvalue weighted by Crippen LogP contribution is -2.45. The third-order valence-corrected chi connectivity index (χ3v) is 3.54. The van der Waals surface area contributed by atoms with E-state index in [2.05, 4.69) is 10.2 Å². The summed E-state index contributed by atoms with van der Waals surface area (Å²) in [6.07, 6.45) is 0.663. The van der Waals surface area contributed by atoms with Gasteiger partial charge in [0.15, 0.2) is 0 Å². The molecule has 5 heteroatoms. The molecule has 1 aliphatic rings. The number of hydrogen-bond acceptors (Lipinski definition) is 4. The van der Waals surface area contributed by atoms with Crippen molar-refractivity contribution in [1.29, 1.82) is 0 Å². The third-order valence-electron chi connectivity index (χ3n) is 3.54. The van der Waals surface area contributed by atoms with Crippen molar-refractivity contribution in [3.8, 4) is 5.75 Å². The second-order valence-electron chi connectivity index (χ2n) is 4.88. The minimum atomic E-state index is 0. The van der Waals surface area contributed by atoms with Crippen molar-refractivity contribution in [3.05, 3.63) is 29.3 Å². The molecule has 1 atom stereocenters. The highest BCUT2D eigenvalue weighted by Gasteiger charge is 2.23. The van der Waals surface area contributed by atoms with E-state index in [4.69, 9.17) is 0 Å². The lowest BCUT2D eigenvalue weighted by molar-refractivity contribution is 0.139. The van der Waals surface area contributed by atoms with Gasteiger partial charge in [0.1, 0.15) is 5.75 Å². The van der Waals surface area contributed by atoms with Crippen molar-refractivity contribution in [2.24, 2.45) is 0 Å². The minimum absolute atomic E-state index is 0. The molecule has 4 nitrogen and oxygen atoms in total. The molecule has 0 spiro atoms. The fraction of sp³-hybridized carbons (Fsp3) is 0.571. The minimum Gasteiger partial charge on any atom is -0.508 e. The molecule has 0 radical (unpaired) electrons. The fourth-order valence-corrected chi connectivity index (χ4v) is 2.59. The zero-order valence-corrected chi connectivity index (χ0v) is 12.1. The van der Waals surface area contributed by atoms with E-state index in [1.54, 1.807) is 6.07 Å². The van der Waals surface area contributed by atoms with Gasteiger partial charge in [-0.3, -0.25) is 4.90 Å². The second-order valence-corrected chi connectivity index (χ2v) is 4.88. The zero-order chi connectivity index (χ0) is 13.0. The monoisotopic (exact) mass is 286 g/mol. The van der Waals surface area contributed by atoms with E-state index in [1.807, 2.05) is 19.1 Å². The number of phenolic OH excluding ortho intramolecular Hbond substituents is 1. The molecule has 0 aliphatic carbocycles. The summed E-state index contributed by atoms with van der Waals surface area (Å²) in [4.78, 5) is 2.33. The number of hydrogen-bond donors (Lipinski definition) is 3. The van der Waals surface area contributed by atoms with Gasteiger partial charge >= 0.3 is 0 Å². The van der Waals surface area contributed by atoms with Crippen LogP contribution >= 0.6 is 12.4 Å². The van der Waals surface area contributed by atoms with Crippen molar-refractivity contribution in [2.75, 3.05) is 32.8 Å². The number of aliphatic hydroxyl groups excluding tert-OH is 1. The summed E-state index contributed by atoms with van der Waals surface area (Å²) in [7, 11) is 0. The van der Waals surface area contributed by atoms with Gasteiger partial charge in [0.05, 0.1) is 0 Å². The molecule has 1 fully saturated rings. The lowest BCUT2D eigenvalue weighted by atomic mass is 9.99. The van der Waals surface area contributed by atoms with Gasteiger partial charge in [-0.05, 0) is 25.0 Å². The van der Waals surface area contributed by atoms with E-state index in [-0.39, 0.29) is 25.1 Å². The predicted molar refractivity (Wildman–Crippen MR) is 79.0 cm³/mol. The summed E-state index contributed by atoms with van der Waals surface area (Å²) in [6.45, 7) is 5.95. The SMILES string of the molecule is Cc1ccc([C@H](CCO)N2CCNCC2)c(O)c1.Cl. The Morgan fingerprint density at radius 3 is 2.58 bits per heavy atom. The number of halogens is 1. The molecule has 1 saturated heterocycles. The van der Waals surface area contributed by atoms with Crippen LogP contribution in [0.5, 0.6) is 5.75 Å². The summed E-state index contributed by atoms with van der Waals surface area (Å²) < 4.78 is 0. The standard InChI is InChI=1S/C14H22N2O2.ClH/c1-11-2-3-12(14(18)10-11)13(4-9-17)16-7-5-15-6-8-16;/h2-3,10,13,15,17-18H,4-9H2,1H3;1H/t13-;/m0./s1. The summed E-state index contributed by atoms with van der Waals surface area (Å²) in [5.74, 6) is 0.340. The van der Waals surface area contributed by atoms with Gasteiger partial charge in [0.2, 0.25) is 0 Å². The molecule has 1 heterocycles. The van der Waals surface area contributed by atoms with Crippen molar-refractivity contribution < 1.29 is 10.2 Å². The van der Waals surface area contributed by atoms with Crippen LogP contribution in [0, 0.1) is 6.92 Å². The molecule has 108 valence electrons. The summed E-state index contributed by atoms with van der Waals surface area (Å²) in [6, 6.07) is 5.90. The quantitative estimate of drug-likeness (QED) is 0.784. The van der Waals surface area contributed by atoms with E-state index in [9.17, 15) is 10.2 Å². The Kier molecular flexibility index (Phi) is 6.58. The summed E-state index contributed by atoms with van der Waals surface area (Å²) >= 11 is 0. The van der Waals surface area contributed by atoms with Crippen LogP contribution in [0.3, 0.4) is 0 Å². The molecule has 2 rings (SSSR count). The Bertz CT molecular complexity index is 395. The maximum absolute atomic E-state index is 10.1. The van der Waals surface area contributed by atoms with Crippen molar-refractivity contribution in [1.82, 2.24) is 10.2 Å². The average molecular weight is 287 g/mol. The smallest absolute Gasteiger partial charge is 0.120 e.